The fourth-order valence-electron chi connectivity index (χ4n) is 1.71. The van der Waals surface area contributed by atoms with Gasteiger partial charge in [-0.3, -0.25) is 4.98 Å². The number of nitrogens with zero attached hydrogens (tertiary/aromatic N) is 1. The fraction of sp³-hybridized carbons (Fsp3) is 0.214. The molecule has 0 aliphatic heterocycles. The van der Waals surface area contributed by atoms with Crippen molar-refractivity contribution in [3.05, 3.63) is 59.4 Å². The van der Waals surface area contributed by atoms with E-state index in [1.54, 1.807) is 13.3 Å². The van der Waals surface area contributed by atoms with Crippen molar-refractivity contribution >= 4 is 0 Å². The summed E-state index contributed by atoms with van der Waals surface area (Å²) in [5.41, 5.74) is 9.25. The summed E-state index contributed by atoms with van der Waals surface area (Å²) in [6.07, 6.45) is 1.79. The molecule has 2 rings (SSSR count). The number of ether oxygens (including phenoxy) is 1. The van der Waals surface area contributed by atoms with E-state index in [4.69, 9.17) is 10.5 Å². The second-order valence-electron chi connectivity index (χ2n) is 4.01. The molecule has 1 aromatic carbocycles. The van der Waals surface area contributed by atoms with Gasteiger partial charge in [-0.1, -0.05) is 12.1 Å². The van der Waals surface area contributed by atoms with Crippen molar-refractivity contribution in [3.8, 4) is 5.75 Å². The Bertz CT molecular complexity index is 494. The highest BCUT2D eigenvalue weighted by Crippen LogP contribution is 2.20. The Hall–Kier alpha value is -1.87. The molecule has 1 unspecified atom stereocenters. The molecule has 0 fully saturated rings. The van der Waals surface area contributed by atoms with Gasteiger partial charge in [0.25, 0.3) is 0 Å². The van der Waals surface area contributed by atoms with Gasteiger partial charge in [-0.2, -0.15) is 0 Å². The Morgan fingerprint density at radius 1 is 1.18 bits per heavy atom. The van der Waals surface area contributed by atoms with Gasteiger partial charge in [0.2, 0.25) is 0 Å². The largest absolute Gasteiger partial charge is 0.497 e. The molecule has 1 aromatic heterocycles. The van der Waals surface area contributed by atoms with Crippen LogP contribution in [0.1, 0.15) is 22.9 Å². The lowest BCUT2D eigenvalue weighted by atomic mass is 10.0. The third-order valence-electron chi connectivity index (χ3n) is 2.73. The second kappa shape index (κ2) is 4.97. The maximum absolute atomic E-state index is 6.17. The molecule has 0 radical (unpaired) electrons. The van der Waals surface area contributed by atoms with Gasteiger partial charge >= 0.3 is 0 Å². The van der Waals surface area contributed by atoms with Gasteiger partial charge in [0.1, 0.15) is 5.75 Å². The van der Waals surface area contributed by atoms with Crippen LogP contribution in [0.5, 0.6) is 5.75 Å². The standard InChI is InChI=1S/C14H16N2O/c1-10-7-8-16-13(9-10)14(15)11-3-5-12(17-2)6-4-11/h3-9,14H,15H2,1-2H3. The first-order chi connectivity index (χ1) is 8.20. The number of pyridine rings is 1. The summed E-state index contributed by atoms with van der Waals surface area (Å²) in [5, 5.41) is 0. The van der Waals surface area contributed by atoms with Crippen LogP contribution >= 0.6 is 0 Å². The zero-order valence-electron chi connectivity index (χ0n) is 10.1. The first kappa shape index (κ1) is 11.6. The van der Waals surface area contributed by atoms with Crippen molar-refractivity contribution in [2.24, 2.45) is 5.73 Å². The molecule has 0 saturated heterocycles. The molecule has 88 valence electrons. The highest BCUT2D eigenvalue weighted by Gasteiger charge is 2.10. The summed E-state index contributed by atoms with van der Waals surface area (Å²) >= 11 is 0. The number of nitrogens with two attached hydrogens (primary N) is 1. The lowest BCUT2D eigenvalue weighted by Crippen LogP contribution is -2.13. The fourth-order valence-corrected chi connectivity index (χ4v) is 1.71. The molecule has 3 nitrogen and oxygen atoms in total. The molecule has 3 heteroatoms. The van der Waals surface area contributed by atoms with Gasteiger partial charge in [-0.05, 0) is 42.3 Å². The Labute approximate surface area is 101 Å². The zero-order chi connectivity index (χ0) is 12.3. The predicted molar refractivity (Wildman–Crippen MR) is 68.0 cm³/mol. The molecule has 0 amide bonds. The highest BCUT2D eigenvalue weighted by molar-refractivity contribution is 5.33. The Morgan fingerprint density at radius 3 is 2.47 bits per heavy atom. The van der Waals surface area contributed by atoms with Crippen LogP contribution in [0.4, 0.5) is 0 Å². The van der Waals surface area contributed by atoms with E-state index in [1.165, 1.54) is 5.56 Å². The minimum absolute atomic E-state index is 0.194. The van der Waals surface area contributed by atoms with E-state index < -0.39 is 0 Å². The molecule has 0 saturated carbocycles. The smallest absolute Gasteiger partial charge is 0.118 e. The average Bonchev–Trinajstić information content (AvgIpc) is 2.38. The van der Waals surface area contributed by atoms with E-state index in [0.717, 1.165) is 17.0 Å². The quantitative estimate of drug-likeness (QED) is 0.877. The maximum atomic E-state index is 6.17. The summed E-state index contributed by atoms with van der Waals surface area (Å²) in [4.78, 5) is 4.30. The third kappa shape index (κ3) is 2.63. The molecule has 2 N–H and O–H groups in total. The first-order valence-corrected chi connectivity index (χ1v) is 5.53. The number of aromatic nitrogens is 1. The number of aryl methyl sites for hydroxylation is 1. The summed E-state index contributed by atoms with van der Waals surface area (Å²) in [6.45, 7) is 2.03. The normalized spacial score (nSPS) is 12.2. The lowest BCUT2D eigenvalue weighted by molar-refractivity contribution is 0.414. The number of rotatable bonds is 3. The summed E-state index contributed by atoms with van der Waals surface area (Å²) in [5.74, 6) is 0.832. The molecule has 2 aromatic rings. The molecule has 0 spiro atoms. The van der Waals surface area contributed by atoms with Gasteiger partial charge in [0, 0.05) is 6.20 Å². The topological polar surface area (TPSA) is 48.1 Å². The van der Waals surface area contributed by atoms with Crippen LogP contribution in [-0.4, -0.2) is 12.1 Å². The van der Waals surface area contributed by atoms with Crippen molar-refractivity contribution in [3.63, 3.8) is 0 Å². The Kier molecular flexibility index (Phi) is 3.40. The summed E-state index contributed by atoms with van der Waals surface area (Å²) in [6, 6.07) is 11.5. The van der Waals surface area contributed by atoms with Gasteiger partial charge in [-0.15, -0.1) is 0 Å². The lowest BCUT2D eigenvalue weighted by Gasteiger charge is -2.12. The van der Waals surface area contributed by atoms with Crippen molar-refractivity contribution in [1.29, 1.82) is 0 Å². The minimum Gasteiger partial charge on any atom is -0.497 e. The molecule has 0 bridgehead atoms. The van der Waals surface area contributed by atoms with E-state index in [2.05, 4.69) is 4.98 Å². The highest BCUT2D eigenvalue weighted by atomic mass is 16.5. The van der Waals surface area contributed by atoms with Crippen LogP contribution in [0.25, 0.3) is 0 Å². The second-order valence-corrected chi connectivity index (χ2v) is 4.01. The SMILES string of the molecule is COc1ccc(C(N)c2cc(C)ccn2)cc1. The zero-order valence-corrected chi connectivity index (χ0v) is 10.1. The van der Waals surface area contributed by atoms with Crippen LogP contribution in [0.15, 0.2) is 42.6 Å². The number of methoxy groups -OCH3 is 1. The van der Waals surface area contributed by atoms with E-state index in [-0.39, 0.29) is 6.04 Å². The minimum atomic E-state index is -0.194. The number of hydrogen-bond acceptors (Lipinski definition) is 3. The monoisotopic (exact) mass is 228 g/mol. The Morgan fingerprint density at radius 2 is 1.88 bits per heavy atom. The first-order valence-electron chi connectivity index (χ1n) is 5.53. The van der Waals surface area contributed by atoms with Gasteiger partial charge < -0.3 is 10.5 Å². The molecule has 1 atom stereocenters. The van der Waals surface area contributed by atoms with Crippen LogP contribution in [-0.2, 0) is 0 Å². The van der Waals surface area contributed by atoms with Crippen LogP contribution in [0.2, 0.25) is 0 Å². The van der Waals surface area contributed by atoms with E-state index in [9.17, 15) is 0 Å². The molecular formula is C14H16N2O. The van der Waals surface area contributed by atoms with Crippen LogP contribution < -0.4 is 10.5 Å². The average molecular weight is 228 g/mol. The van der Waals surface area contributed by atoms with Crippen molar-refractivity contribution in [2.45, 2.75) is 13.0 Å². The van der Waals surface area contributed by atoms with Gasteiger partial charge in [0.05, 0.1) is 18.8 Å². The number of benzene rings is 1. The number of hydrogen-bond donors (Lipinski definition) is 1. The summed E-state index contributed by atoms with van der Waals surface area (Å²) < 4.78 is 5.12. The van der Waals surface area contributed by atoms with Crippen LogP contribution in [0.3, 0.4) is 0 Å². The summed E-state index contributed by atoms with van der Waals surface area (Å²) in [7, 11) is 1.65. The molecule has 0 aliphatic carbocycles. The van der Waals surface area contributed by atoms with E-state index in [0.29, 0.717) is 0 Å². The predicted octanol–water partition coefficient (Wildman–Crippen LogP) is 2.45. The van der Waals surface area contributed by atoms with E-state index >= 15 is 0 Å². The van der Waals surface area contributed by atoms with Crippen LogP contribution in [0, 0.1) is 6.92 Å². The maximum Gasteiger partial charge on any atom is 0.118 e. The molecule has 1 heterocycles. The molecule has 17 heavy (non-hydrogen) atoms. The van der Waals surface area contributed by atoms with Gasteiger partial charge in [0.15, 0.2) is 0 Å². The van der Waals surface area contributed by atoms with Gasteiger partial charge in [-0.25, -0.2) is 0 Å². The van der Waals surface area contributed by atoms with Crippen molar-refractivity contribution in [2.75, 3.05) is 7.11 Å². The third-order valence-corrected chi connectivity index (χ3v) is 2.73. The van der Waals surface area contributed by atoms with Crippen molar-refractivity contribution in [1.82, 2.24) is 4.98 Å². The van der Waals surface area contributed by atoms with Crippen molar-refractivity contribution < 1.29 is 4.74 Å². The van der Waals surface area contributed by atoms with E-state index in [1.807, 2.05) is 43.3 Å². The molecule has 0 aliphatic rings. The Balaban J connectivity index is 2.27. The molecular weight excluding hydrogens is 212 g/mol.